The molecule has 5 heteroatoms. The highest BCUT2D eigenvalue weighted by molar-refractivity contribution is 5.82. The Bertz CT molecular complexity index is 708. The van der Waals surface area contributed by atoms with Crippen LogP contribution < -0.4 is 5.32 Å². The largest absolute Gasteiger partial charge is 0.388 e. The number of hydrogen-bond donors (Lipinski definition) is 2. The van der Waals surface area contributed by atoms with Crippen molar-refractivity contribution in [3.05, 3.63) is 35.9 Å². The highest BCUT2D eigenvalue weighted by Crippen LogP contribution is 2.40. The van der Waals surface area contributed by atoms with Crippen LogP contribution in [0.15, 0.2) is 30.3 Å². The molecule has 0 unspecified atom stereocenters. The molecule has 3 atom stereocenters. The van der Waals surface area contributed by atoms with Crippen molar-refractivity contribution in [1.82, 2.24) is 10.2 Å². The van der Waals surface area contributed by atoms with Gasteiger partial charge in [0.25, 0.3) is 0 Å². The lowest BCUT2D eigenvalue weighted by Gasteiger charge is -2.50. The summed E-state index contributed by atoms with van der Waals surface area (Å²) in [6.45, 7) is 2.32. The summed E-state index contributed by atoms with van der Waals surface area (Å²) in [7, 11) is 0. The Hall–Kier alpha value is -1.88. The highest BCUT2D eigenvalue weighted by atomic mass is 16.3. The number of hydrogen-bond acceptors (Lipinski definition) is 3. The summed E-state index contributed by atoms with van der Waals surface area (Å²) < 4.78 is 0. The van der Waals surface area contributed by atoms with Crippen LogP contribution in [0.25, 0.3) is 0 Å². The molecule has 1 saturated heterocycles. The van der Waals surface area contributed by atoms with E-state index in [1.165, 1.54) is 0 Å². The van der Waals surface area contributed by atoms with E-state index in [-0.39, 0.29) is 29.7 Å². The Kier molecular flexibility index (Phi) is 5.46. The van der Waals surface area contributed by atoms with Crippen LogP contribution in [0.3, 0.4) is 0 Å². The number of rotatable bonds is 4. The van der Waals surface area contributed by atoms with Gasteiger partial charge in [0, 0.05) is 18.4 Å². The van der Waals surface area contributed by atoms with Gasteiger partial charge in [-0.3, -0.25) is 9.59 Å². The van der Waals surface area contributed by atoms with Crippen LogP contribution in [0.2, 0.25) is 0 Å². The van der Waals surface area contributed by atoms with Gasteiger partial charge >= 0.3 is 0 Å². The van der Waals surface area contributed by atoms with E-state index in [9.17, 15) is 14.7 Å². The van der Waals surface area contributed by atoms with Crippen LogP contribution in [0.4, 0.5) is 0 Å². The van der Waals surface area contributed by atoms with Crippen molar-refractivity contribution in [3.8, 4) is 0 Å². The second kappa shape index (κ2) is 7.86. The Morgan fingerprint density at radius 3 is 2.29 bits per heavy atom. The fraction of sp³-hybridized carbons (Fsp3) is 0.652. The first-order chi connectivity index (χ1) is 13.5. The minimum Gasteiger partial charge on any atom is -0.388 e. The zero-order chi connectivity index (χ0) is 19.7. The van der Waals surface area contributed by atoms with Gasteiger partial charge in [0.15, 0.2) is 0 Å². The Morgan fingerprint density at radius 1 is 1.04 bits per heavy atom. The molecule has 1 aromatic rings. The van der Waals surface area contributed by atoms with Crippen LogP contribution >= 0.6 is 0 Å². The van der Waals surface area contributed by atoms with Gasteiger partial charge in [-0.2, -0.15) is 0 Å². The maximum absolute atomic E-state index is 13.2. The van der Waals surface area contributed by atoms with E-state index in [0.717, 1.165) is 50.5 Å². The summed E-state index contributed by atoms with van der Waals surface area (Å²) in [5.74, 6) is 0.336. The molecule has 2 saturated carbocycles. The third-order valence-electron chi connectivity index (χ3n) is 7.08. The standard InChI is InChI=1S/C23H32N2O3/c1-23(28)14-15-25(22(27)18-12-7-13-18)19(16-8-3-2-4-9-16)20(23)24-21(26)17-10-5-6-11-17/h2-4,8-9,17-20,28H,5-7,10-15H2,1H3,(H,24,26)/t19-,20-,23+/m0/s1. The van der Waals surface area contributed by atoms with Gasteiger partial charge in [-0.15, -0.1) is 0 Å². The lowest BCUT2D eigenvalue weighted by molar-refractivity contribution is -0.152. The van der Waals surface area contributed by atoms with Gasteiger partial charge in [0.2, 0.25) is 11.8 Å². The minimum atomic E-state index is -1.05. The van der Waals surface area contributed by atoms with Crippen LogP contribution in [0.1, 0.15) is 69.9 Å². The van der Waals surface area contributed by atoms with Crippen molar-refractivity contribution in [2.45, 2.75) is 76.0 Å². The normalized spacial score (nSPS) is 31.4. The number of likely N-dealkylation sites (tertiary alicyclic amines) is 1. The van der Waals surface area contributed by atoms with Gasteiger partial charge in [-0.05, 0) is 44.6 Å². The topological polar surface area (TPSA) is 69.6 Å². The minimum absolute atomic E-state index is 0.0293. The summed E-state index contributed by atoms with van der Waals surface area (Å²) in [5.41, 5.74) is -0.0718. The summed E-state index contributed by atoms with van der Waals surface area (Å²) in [6, 6.07) is 9.04. The van der Waals surface area contributed by atoms with E-state index in [2.05, 4.69) is 5.32 Å². The number of nitrogens with zero attached hydrogens (tertiary/aromatic N) is 1. The molecule has 28 heavy (non-hydrogen) atoms. The van der Waals surface area contributed by atoms with Gasteiger partial charge < -0.3 is 15.3 Å². The lowest BCUT2D eigenvalue weighted by atomic mass is 9.77. The molecule has 0 spiro atoms. The summed E-state index contributed by atoms with van der Waals surface area (Å²) in [4.78, 5) is 28.1. The number of piperidine rings is 1. The van der Waals surface area contributed by atoms with Crippen LogP contribution in [0, 0.1) is 11.8 Å². The number of carbonyl (C=O) groups excluding carboxylic acids is 2. The second-order valence-corrected chi connectivity index (χ2v) is 9.09. The summed E-state index contributed by atoms with van der Waals surface area (Å²) >= 11 is 0. The number of amides is 2. The molecular formula is C23H32N2O3. The van der Waals surface area contributed by atoms with Crippen LogP contribution in [0.5, 0.6) is 0 Å². The van der Waals surface area contributed by atoms with E-state index in [0.29, 0.717) is 13.0 Å². The molecule has 2 aliphatic carbocycles. The van der Waals surface area contributed by atoms with Gasteiger partial charge in [-0.25, -0.2) is 0 Å². The third kappa shape index (κ3) is 3.69. The molecule has 2 N–H and O–H groups in total. The molecule has 4 rings (SSSR count). The first kappa shape index (κ1) is 19.4. The molecule has 1 aliphatic heterocycles. The summed E-state index contributed by atoms with van der Waals surface area (Å²) in [5, 5.41) is 14.4. The van der Waals surface area contributed by atoms with Gasteiger partial charge in [0.05, 0.1) is 17.7 Å². The van der Waals surface area contributed by atoms with Crippen molar-refractivity contribution < 1.29 is 14.7 Å². The average molecular weight is 385 g/mol. The monoisotopic (exact) mass is 384 g/mol. The number of nitrogens with one attached hydrogen (secondary N) is 1. The molecule has 1 heterocycles. The van der Waals surface area contributed by atoms with Gasteiger partial charge in [-0.1, -0.05) is 49.6 Å². The molecule has 3 fully saturated rings. The lowest BCUT2D eigenvalue weighted by Crippen LogP contribution is -2.64. The van der Waals surface area contributed by atoms with Crippen molar-refractivity contribution in [1.29, 1.82) is 0 Å². The second-order valence-electron chi connectivity index (χ2n) is 9.09. The first-order valence-corrected chi connectivity index (χ1v) is 10.9. The maximum Gasteiger partial charge on any atom is 0.226 e. The summed E-state index contributed by atoms with van der Waals surface area (Å²) in [6.07, 6.45) is 7.51. The quantitative estimate of drug-likeness (QED) is 0.838. The molecule has 5 nitrogen and oxygen atoms in total. The SMILES string of the molecule is C[C@@]1(O)CCN(C(=O)C2CCC2)[C@@H](c2ccccc2)[C@@H]1NC(=O)C1CCCC1. The predicted molar refractivity (Wildman–Crippen MR) is 107 cm³/mol. The van der Waals surface area contributed by atoms with Crippen molar-refractivity contribution in [2.24, 2.45) is 11.8 Å². The van der Waals surface area contributed by atoms with E-state index < -0.39 is 11.6 Å². The van der Waals surface area contributed by atoms with Crippen molar-refractivity contribution in [3.63, 3.8) is 0 Å². The fourth-order valence-electron chi connectivity index (χ4n) is 5.01. The zero-order valence-electron chi connectivity index (χ0n) is 16.8. The molecule has 1 aromatic carbocycles. The molecule has 0 bridgehead atoms. The van der Waals surface area contributed by atoms with Crippen LogP contribution in [-0.4, -0.2) is 40.0 Å². The number of aliphatic hydroxyl groups is 1. The number of benzene rings is 1. The van der Waals surface area contributed by atoms with Crippen molar-refractivity contribution in [2.75, 3.05) is 6.54 Å². The third-order valence-corrected chi connectivity index (χ3v) is 7.08. The predicted octanol–water partition coefficient (Wildman–Crippen LogP) is 3.19. The Labute approximate surface area is 167 Å². The van der Waals surface area contributed by atoms with E-state index in [1.54, 1.807) is 6.92 Å². The zero-order valence-corrected chi connectivity index (χ0v) is 16.8. The Morgan fingerprint density at radius 2 is 1.68 bits per heavy atom. The van der Waals surface area contributed by atoms with E-state index in [4.69, 9.17) is 0 Å². The van der Waals surface area contributed by atoms with E-state index >= 15 is 0 Å². The van der Waals surface area contributed by atoms with E-state index in [1.807, 2.05) is 35.2 Å². The molecule has 0 aromatic heterocycles. The first-order valence-electron chi connectivity index (χ1n) is 10.9. The van der Waals surface area contributed by atoms with Crippen LogP contribution in [-0.2, 0) is 9.59 Å². The smallest absolute Gasteiger partial charge is 0.226 e. The number of carbonyl (C=O) groups is 2. The maximum atomic E-state index is 13.2. The highest BCUT2D eigenvalue weighted by Gasteiger charge is 2.49. The molecule has 2 amide bonds. The molecule has 152 valence electrons. The average Bonchev–Trinajstić information content (AvgIpc) is 3.17. The fourth-order valence-corrected chi connectivity index (χ4v) is 5.01. The molecule has 0 radical (unpaired) electrons. The van der Waals surface area contributed by atoms with Crippen molar-refractivity contribution >= 4 is 11.8 Å². The van der Waals surface area contributed by atoms with Gasteiger partial charge in [0.1, 0.15) is 0 Å². The molecular weight excluding hydrogens is 352 g/mol. The Balaban J connectivity index is 1.65. The molecule has 3 aliphatic rings.